The third kappa shape index (κ3) is 4.86. The fourth-order valence-electron chi connectivity index (χ4n) is 2.08. The maximum atomic E-state index is 11.5. The minimum absolute atomic E-state index is 0.232. The van der Waals surface area contributed by atoms with Crippen molar-refractivity contribution in [3.8, 4) is 0 Å². The predicted molar refractivity (Wildman–Crippen MR) is 67.5 cm³/mol. The lowest BCUT2D eigenvalue weighted by Gasteiger charge is -2.11. The average molecular weight is 268 g/mol. The lowest BCUT2D eigenvalue weighted by atomic mass is 10.3. The lowest BCUT2D eigenvalue weighted by Crippen LogP contribution is -2.37. The Bertz CT molecular complexity index is 401. The summed E-state index contributed by atoms with van der Waals surface area (Å²) >= 11 is 0. The third-order valence-electron chi connectivity index (χ3n) is 3.01. The number of hydrogen-bond donors (Lipinski definition) is 2. The van der Waals surface area contributed by atoms with E-state index in [0.29, 0.717) is 31.0 Å². The molecule has 2 N–H and O–H groups in total. The van der Waals surface area contributed by atoms with Crippen LogP contribution < -0.4 is 10.6 Å². The van der Waals surface area contributed by atoms with Crippen LogP contribution in [0.1, 0.15) is 37.4 Å². The van der Waals surface area contributed by atoms with Crippen LogP contribution in [0.5, 0.6) is 0 Å². The Balaban J connectivity index is 1.52. The zero-order valence-corrected chi connectivity index (χ0v) is 11.1. The molecule has 0 radical (unpaired) electrons. The van der Waals surface area contributed by atoms with E-state index in [9.17, 15) is 4.79 Å². The molecule has 0 aliphatic heterocycles. The predicted octanol–water partition coefficient (Wildman–Crippen LogP) is 1.14. The van der Waals surface area contributed by atoms with E-state index < -0.39 is 0 Å². The number of aromatic nitrogens is 2. The quantitative estimate of drug-likeness (QED) is 0.755. The van der Waals surface area contributed by atoms with Gasteiger partial charge in [0.25, 0.3) is 0 Å². The van der Waals surface area contributed by atoms with Crippen molar-refractivity contribution < 1.29 is 14.1 Å². The van der Waals surface area contributed by atoms with Gasteiger partial charge in [-0.05, 0) is 19.8 Å². The average Bonchev–Trinajstić information content (AvgIpc) is 3.03. The molecule has 0 spiro atoms. The molecular formula is C12H20N4O3. The number of carbonyl (C=O) groups is 1. The number of ether oxygens (including phenoxy) is 1. The van der Waals surface area contributed by atoms with Crippen molar-refractivity contribution >= 4 is 6.03 Å². The molecular weight excluding hydrogens is 248 g/mol. The zero-order chi connectivity index (χ0) is 13.5. The van der Waals surface area contributed by atoms with Crippen LogP contribution in [0.2, 0.25) is 0 Å². The van der Waals surface area contributed by atoms with Crippen LogP contribution >= 0.6 is 0 Å². The number of urea groups is 1. The Morgan fingerprint density at radius 3 is 2.89 bits per heavy atom. The van der Waals surface area contributed by atoms with Crippen LogP contribution in [0.25, 0.3) is 0 Å². The second-order valence-corrected chi connectivity index (χ2v) is 4.62. The SMILES string of the molecule is Cc1noc(CNC(=O)NCCOC2CCCC2)n1. The van der Waals surface area contributed by atoms with E-state index in [-0.39, 0.29) is 12.6 Å². The van der Waals surface area contributed by atoms with Gasteiger partial charge in [0.1, 0.15) is 0 Å². The van der Waals surface area contributed by atoms with Gasteiger partial charge in [-0.1, -0.05) is 18.0 Å². The van der Waals surface area contributed by atoms with Gasteiger partial charge in [-0.15, -0.1) is 0 Å². The maximum Gasteiger partial charge on any atom is 0.315 e. The van der Waals surface area contributed by atoms with E-state index in [4.69, 9.17) is 9.26 Å². The number of amides is 2. The van der Waals surface area contributed by atoms with Gasteiger partial charge in [0.05, 0.1) is 19.3 Å². The van der Waals surface area contributed by atoms with Crippen molar-refractivity contribution in [3.05, 3.63) is 11.7 Å². The van der Waals surface area contributed by atoms with E-state index in [2.05, 4.69) is 20.8 Å². The Morgan fingerprint density at radius 2 is 2.21 bits per heavy atom. The Kier molecular flexibility index (Phi) is 5.14. The molecule has 1 heterocycles. The van der Waals surface area contributed by atoms with Crippen LogP contribution in [0.15, 0.2) is 4.52 Å². The topological polar surface area (TPSA) is 89.3 Å². The molecule has 1 saturated carbocycles. The van der Waals surface area contributed by atoms with Crippen LogP contribution in [-0.4, -0.2) is 35.4 Å². The van der Waals surface area contributed by atoms with Gasteiger partial charge in [-0.2, -0.15) is 4.98 Å². The van der Waals surface area contributed by atoms with Crippen molar-refractivity contribution in [2.75, 3.05) is 13.2 Å². The number of rotatable bonds is 6. The number of carbonyl (C=O) groups excluding carboxylic acids is 1. The number of nitrogens with zero attached hydrogens (tertiary/aromatic N) is 2. The molecule has 1 fully saturated rings. The second-order valence-electron chi connectivity index (χ2n) is 4.62. The normalized spacial score (nSPS) is 15.6. The summed E-state index contributed by atoms with van der Waals surface area (Å²) in [5.74, 6) is 0.956. The number of nitrogens with one attached hydrogen (secondary N) is 2. The molecule has 0 atom stereocenters. The number of hydrogen-bond acceptors (Lipinski definition) is 5. The van der Waals surface area contributed by atoms with Gasteiger partial charge in [0.15, 0.2) is 5.82 Å². The molecule has 1 aliphatic carbocycles. The fourth-order valence-corrected chi connectivity index (χ4v) is 2.08. The molecule has 0 bridgehead atoms. The summed E-state index contributed by atoms with van der Waals surface area (Å²) in [6.07, 6.45) is 5.17. The van der Waals surface area contributed by atoms with Crippen LogP contribution in [0.3, 0.4) is 0 Å². The molecule has 106 valence electrons. The van der Waals surface area contributed by atoms with E-state index in [1.165, 1.54) is 12.8 Å². The lowest BCUT2D eigenvalue weighted by molar-refractivity contribution is 0.0613. The van der Waals surface area contributed by atoms with Crippen LogP contribution in [0.4, 0.5) is 4.79 Å². The molecule has 2 amide bonds. The van der Waals surface area contributed by atoms with Gasteiger partial charge in [0.2, 0.25) is 5.89 Å². The van der Waals surface area contributed by atoms with Crippen molar-refractivity contribution in [2.45, 2.75) is 45.3 Å². The summed E-state index contributed by atoms with van der Waals surface area (Å²) in [5.41, 5.74) is 0. The molecule has 0 saturated heterocycles. The molecule has 1 aromatic rings. The number of aryl methyl sites for hydroxylation is 1. The van der Waals surface area contributed by atoms with E-state index in [0.717, 1.165) is 12.8 Å². The Hall–Kier alpha value is -1.63. The van der Waals surface area contributed by atoms with Crippen molar-refractivity contribution in [1.82, 2.24) is 20.8 Å². The van der Waals surface area contributed by atoms with Crippen LogP contribution in [-0.2, 0) is 11.3 Å². The first kappa shape index (κ1) is 13.8. The monoisotopic (exact) mass is 268 g/mol. The smallest absolute Gasteiger partial charge is 0.315 e. The highest BCUT2D eigenvalue weighted by Crippen LogP contribution is 2.20. The Morgan fingerprint density at radius 1 is 1.42 bits per heavy atom. The van der Waals surface area contributed by atoms with Gasteiger partial charge in [-0.3, -0.25) is 0 Å². The highest BCUT2D eigenvalue weighted by atomic mass is 16.5. The first-order chi connectivity index (χ1) is 9.24. The highest BCUT2D eigenvalue weighted by molar-refractivity contribution is 5.73. The van der Waals surface area contributed by atoms with E-state index >= 15 is 0 Å². The first-order valence-electron chi connectivity index (χ1n) is 6.66. The molecule has 1 aromatic heterocycles. The zero-order valence-electron chi connectivity index (χ0n) is 11.1. The van der Waals surface area contributed by atoms with Crippen LogP contribution in [0, 0.1) is 6.92 Å². The fraction of sp³-hybridized carbons (Fsp3) is 0.750. The van der Waals surface area contributed by atoms with E-state index in [1.54, 1.807) is 6.92 Å². The molecule has 1 aliphatic rings. The minimum atomic E-state index is -0.258. The summed E-state index contributed by atoms with van der Waals surface area (Å²) in [6.45, 7) is 3.02. The van der Waals surface area contributed by atoms with Crippen molar-refractivity contribution in [2.24, 2.45) is 0 Å². The van der Waals surface area contributed by atoms with Gasteiger partial charge >= 0.3 is 6.03 Å². The third-order valence-corrected chi connectivity index (χ3v) is 3.01. The van der Waals surface area contributed by atoms with E-state index in [1.807, 2.05) is 0 Å². The van der Waals surface area contributed by atoms with Gasteiger partial charge in [0, 0.05) is 6.54 Å². The van der Waals surface area contributed by atoms with Gasteiger partial charge in [-0.25, -0.2) is 4.79 Å². The standard InChI is InChI=1S/C12H20N4O3/c1-9-15-11(19-16-9)8-14-12(17)13-6-7-18-10-4-2-3-5-10/h10H,2-8H2,1H3,(H2,13,14,17). The largest absolute Gasteiger partial charge is 0.376 e. The second kappa shape index (κ2) is 7.08. The highest BCUT2D eigenvalue weighted by Gasteiger charge is 2.14. The molecule has 2 rings (SSSR count). The van der Waals surface area contributed by atoms with Crippen molar-refractivity contribution in [1.29, 1.82) is 0 Å². The minimum Gasteiger partial charge on any atom is -0.376 e. The molecule has 0 aromatic carbocycles. The molecule has 7 nitrogen and oxygen atoms in total. The molecule has 0 unspecified atom stereocenters. The summed E-state index contributed by atoms with van der Waals surface area (Å²) in [7, 11) is 0. The molecule has 7 heteroatoms. The first-order valence-corrected chi connectivity index (χ1v) is 6.66. The maximum absolute atomic E-state index is 11.5. The summed E-state index contributed by atoms with van der Waals surface area (Å²) in [4.78, 5) is 15.4. The molecule has 19 heavy (non-hydrogen) atoms. The van der Waals surface area contributed by atoms with Gasteiger partial charge < -0.3 is 19.9 Å². The van der Waals surface area contributed by atoms with Crippen molar-refractivity contribution in [3.63, 3.8) is 0 Å². The summed E-state index contributed by atoms with van der Waals surface area (Å²) in [6, 6.07) is -0.258. The summed E-state index contributed by atoms with van der Waals surface area (Å²) < 4.78 is 10.5. The summed E-state index contributed by atoms with van der Waals surface area (Å²) in [5, 5.41) is 8.99. The Labute approximate surface area is 112 Å².